The van der Waals surface area contributed by atoms with Crippen molar-refractivity contribution >= 4 is 21.8 Å². The highest BCUT2D eigenvalue weighted by Crippen LogP contribution is 2.29. The number of benzene rings is 3. The van der Waals surface area contributed by atoms with Gasteiger partial charge in [0.25, 0.3) is 0 Å². The van der Waals surface area contributed by atoms with Gasteiger partial charge in [0.15, 0.2) is 0 Å². The van der Waals surface area contributed by atoms with Crippen LogP contribution >= 0.6 is 0 Å². The molecule has 0 atom stereocenters. The predicted octanol–water partition coefficient (Wildman–Crippen LogP) is 4.81. The molecule has 0 aliphatic rings. The van der Waals surface area contributed by atoms with Crippen LogP contribution in [-0.4, -0.2) is 15.0 Å². The zero-order valence-electron chi connectivity index (χ0n) is 14.4. The van der Waals surface area contributed by atoms with Crippen LogP contribution in [0.4, 0.5) is 0 Å². The SMILES string of the molecule is O=c1nc(-c2ccccc2)c2cc(-c3cnc4ccccc4c3)ccc2[nH]1. The normalized spacial score (nSPS) is 11.1. The molecule has 5 rings (SSSR count). The average molecular weight is 349 g/mol. The Morgan fingerprint density at radius 2 is 1.56 bits per heavy atom. The molecule has 0 saturated carbocycles. The molecule has 128 valence electrons. The van der Waals surface area contributed by atoms with Gasteiger partial charge in [0, 0.05) is 28.1 Å². The molecule has 0 bridgehead atoms. The third-order valence-electron chi connectivity index (χ3n) is 4.70. The molecule has 0 radical (unpaired) electrons. The minimum atomic E-state index is -0.346. The van der Waals surface area contributed by atoms with Crippen LogP contribution < -0.4 is 5.69 Å². The van der Waals surface area contributed by atoms with E-state index in [0.29, 0.717) is 5.69 Å². The summed E-state index contributed by atoms with van der Waals surface area (Å²) in [7, 11) is 0. The maximum Gasteiger partial charge on any atom is 0.345 e. The minimum Gasteiger partial charge on any atom is -0.305 e. The van der Waals surface area contributed by atoms with E-state index in [1.54, 1.807) is 0 Å². The smallest absolute Gasteiger partial charge is 0.305 e. The van der Waals surface area contributed by atoms with E-state index in [0.717, 1.165) is 38.5 Å². The van der Waals surface area contributed by atoms with Crippen molar-refractivity contribution in [1.29, 1.82) is 0 Å². The van der Waals surface area contributed by atoms with Crippen LogP contribution in [0.3, 0.4) is 0 Å². The van der Waals surface area contributed by atoms with Crippen molar-refractivity contribution in [2.24, 2.45) is 0 Å². The lowest BCUT2D eigenvalue weighted by atomic mass is 10.0. The third-order valence-corrected chi connectivity index (χ3v) is 4.70. The molecule has 0 unspecified atom stereocenters. The Balaban J connectivity index is 1.74. The molecule has 0 amide bonds. The molecule has 0 spiro atoms. The quantitative estimate of drug-likeness (QED) is 0.498. The number of hydrogen-bond acceptors (Lipinski definition) is 3. The number of hydrogen-bond donors (Lipinski definition) is 1. The fraction of sp³-hybridized carbons (Fsp3) is 0. The van der Waals surface area contributed by atoms with E-state index < -0.39 is 0 Å². The first kappa shape index (κ1) is 15.5. The van der Waals surface area contributed by atoms with Crippen molar-refractivity contribution in [2.75, 3.05) is 0 Å². The number of nitrogens with zero attached hydrogens (tertiary/aromatic N) is 2. The summed E-state index contributed by atoms with van der Waals surface area (Å²) in [5.41, 5.74) is 5.06. The first-order valence-corrected chi connectivity index (χ1v) is 8.73. The number of rotatable bonds is 2. The molecular weight excluding hydrogens is 334 g/mol. The van der Waals surface area contributed by atoms with E-state index in [9.17, 15) is 4.79 Å². The Bertz CT molecular complexity index is 1340. The van der Waals surface area contributed by atoms with Crippen molar-refractivity contribution in [2.45, 2.75) is 0 Å². The summed E-state index contributed by atoms with van der Waals surface area (Å²) in [6, 6.07) is 25.9. The second kappa shape index (κ2) is 6.18. The van der Waals surface area contributed by atoms with E-state index in [2.05, 4.69) is 33.2 Å². The van der Waals surface area contributed by atoms with Crippen molar-refractivity contribution in [3.8, 4) is 22.4 Å². The standard InChI is InChI=1S/C23H15N3O/c27-23-25-21-11-10-16(18-12-17-8-4-5-9-20(17)24-14-18)13-19(21)22(26-23)15-6-2-1-3-7-15/h1-14H,(H,25,26,27). The molecule has 0 aliphatic heterocycles. The molecule has 5 aromatic rings. The van der Waals surface area contributed by atoms with Gasteiger partial charge >= 0.3 is 5.69 Å². The maximum atomic E-state index is 12.0. The maximum absolute atomic E-state index is 12.0. The lowest BCUT2D eigenvalue weighted by molar-refractivity contribution is 1.12. The van der Waals surface area contributed by atoms with Crippen LogP contribution in [0, 0.1) is 0 Å². The molecule has 0 fully saturated rings. The van der Waals surface area contributed by atoms with E-state index in [1.165, 1.54) is 0 Å². The van der Waals surface area contributed by atoms with Crippen molar-refractivity contribution in [3.05, 3.63) is 95.5 Å². The number of para-hydroxylation sites is 1. The molecule has 3 aromatic carbocycles. The molecule has 27 heavy (non-hydrogen) atoms. The predicted molar refractivity (Wildman–Crippen MR) is 109 cm³/mol. The summed E-state index contributed by atoms with van der Waals surface area (Å²) in [5.74, 6) is 0. The van der Waals surface area contributed by atoms with Gasteiger partial charge in [0.2, 0.25) is 0 Å². The summed E-state index contributed by atoms with van der Waals surface area (Å²) in [5, 5.41) is 2.00. The molecule has 4 nitrogen and oxygen atoms in total. The Labute approximate surface area is 155 Å². The van der Waals surface area contributed by atoms with Gasteiger partial charge in [-0.05, 0) is 29.8 Å². The molecule has 1 N–H and O–H groups in total. The third kappa shape index (κ3) is 2.77. The van der Waals surface area contributed by atoms with Crippen LogP contribution in [0.15, 0.2) is 89.9 Å². The number of aromatic amines is 1. The van der Waals surface area contributed by atoms with Gasteiger partial charge in [-0.2, -0.15) is 4.98 Å². The van der Waals surface area contributed by atoms with Gasteiger partial charge in [0.05, 0.1) is 16.7 Å². The Kier molecular flexibility index (Phi) is 3.54. The van der Waals surface area contributed by atoms with Crippen LogP contribution in [0.2, 0.25) is 0 Å². The number of fused-ring (bicyclic) bond motifs is 2. The van der Waals surface area contributed by atoms with Crippen LogP contribution in [0.25, 0.3) is 44.2 Å². The molecule has 2 heterocycles. The van der Waals surface area contributed by atoms with E-state index in [-0.39, 0.29) is 5.69 Å². The number of nitrogens with one attached hydrogen (secondary N) is 1. The fourth-order valence-corrected chi connectivity index (χ4v) is 3.38. The first-order chi connectivity index (χ1) is 13.3. The monoisotopic (exact) mass is 349 g/mol. The largest absolute Gasteiger partial charge is 0.345 e. The van der Waals surface area contributed by atoms with Gasteiger partial charge in [-0.25, -0.2) is 4.79 Å². The lowest BCUT2D eigenvalue weighted by Crippen LogP contribution is -2.11. The average Bonchev–Trinajstić information content (AvgIpc) is 2.73. The zero-order valence-corrected chi connectivity index (χ0v) is 14.4. The summed E-state index contributed by atoms with van der Waals surface area (Å²) in [6.07, 6.45) is 1.88. The Morgan fingerprint density at radius 1 is 0.741 bits per heavy atom. The Morgan fingerprint density at radius 3 is 2.44 bits per heavy atom. The zero-order chi connectivity index (χ0) is 18.2. The molecule has 0 saturated heterocycles. The van der Waals surface area contributed by atoms with Crippen molar-refractivity contribution < 1.29 is 0 Å². The molecule has 0 aliphatic carbocycles. The summed E-state index contributed by atoms with van der Waals surface area (Å²) < 4.78 is 0. The van der Waals surface area contributed by atoms with Crippen molar-refractivity contribution in [1.82, 2.24) is 15.0 Å². The van der Waals surface area contributed by atoms with E-state index in [1.807, 2.05) is 66.9 Å². The minimum absolute atomic E-state index is 0.346. The second-order valence-corrected chi connectivity index (χ2v) is 6.43. The number of pyridine rings is 1. The van der Waals surface area contributed by atoms with Gasteiger partial charge in [-0.3, -0.25) is 4.98 Å². The highest BCUT2D eigenvalue weighted by Gasteiger charge is 2.10. The van der Waals surface area contributed by atoms with Crippen LogP contribution in [-0.2, 0) is 0 Å². The van der Waals surface area contributed by atoms with E-state index in [4.69, 9.17) is 0 Å². The highest BCUT2D eigenvalue weighted by atomic mass is 16.1. The number of aromatic nitrogens is 3. The first-order valence-electron chi connectivity index (χ1n) is 8.73. The summed E-state index contributed by atoms with van der Waals surface area (Å²) >= 11 is 0. The van der Waals surface area contributed by atoms with Gasteiger partial charge in [-0.15, -0.1) is 0 Å². The van der Waals surface area contributed by atoms with Gasteiger partial charge in [-0.1, -0.05) is 54.6 Å². The summed E-state index contributed by atoms with van der Waals surface area (Å²) in [4.78, 5) is 23.6. The molecular formula is C23H15N3O. The Hall–Kier alpha value is -3.79. The van der Waals surface area contributed by atoms with E-state index >= 15 is 0 Å². The van der Waals surface area contributed by atoms with Crippen molar-refractivity contribution in [3.63, 3.8) is 0 Å². The molecule has 4 heteroatoms. The summed E-state index contributed by atoms with van der Waals surface area (Å²) in [6.45, 7) is 0. The topological polar surface area (TPSA) is 58.6 Å². The fourth-order valence-electron chi connectivity index (χ4n) is 3.38. The number of H-pyrrole nitrogens is 1. The molecule has 2 aromatic heterocycles. The second-order valence-electron chi connectivity index (χ2n) is 6.43. The van der Waals surface area contributed by atoms with Gasteiger partial charge in [0.1, 0.15) is 0 Å². The van der Waals surface area contributed by atoms with Crippen LogP contribution in [0.1, 0.15) is 0 Å². The lowest BCUT2D eigenvalue weighted by Gasteiger charge is -2.09. The van der Waals surface area contributed by atoms with Gasteiger partial charge < -0.3 is 4.98 Å². The van der Waals surface area contributed by atoms with Crippen LogP contribution in [0.5, 0.6) is 0 Å². The highest BCUT2D eigenvalue weighted by molar-refractivity contribution is 5.95.